The molecule has 3 rings (SSSR count). The predicted octanol–water partition coefficient (Wildman–Crippen LogP) is 2.83. The van der Waals surface area contributed by atoms with Crippen molar-refractivity contribution in [3.8, 4) is 0 Å². The fourth-order valence-corrected chi connectivity index (χ4v) is 4.73. The van der Waals surface area contributed by atoms with Gasteiger partial charge in [0, 0.05) is 24.3 Å². The van der Waals surface area contributed by atoms with Crippen molar-refractivity contribution in [2.45, 2.75) is 44.0 Å². The molecule has 1 unspecified atom stereocenters. The lowest BCUT2D eigenvalue weighted by molar-refractivity contribution is -0.123. The third-order valence-electron chi connectivity index (χ3n) is 5.38. The summed E-state index contributed by atoms with van der Waals surface area (Å²) in [4.78, 5) is 31.4. The van der Waals surface area contributed by atoms with E-state index in [4.69, 9.17) is 0 Å². The van der Waals surface area contributed by atoms with Crippen molar-refractivity contribution in [1.82, 2.24) is 9.62 Å². The Kier molecular flexibility index (Phi) is 8.78. The molecule has 10 heteroatoms. The maximum absolute atomic E-state index is 12.8. The van der Waals surface area contributed by atoms with E-state index in [0.29, 0.717) is 36.7 Å². The highest BCUT2D eigenvalue weighted by Gasteiger charge is 2.24. The molecular formula is C24H31N5O4S. The second-order valence-electron chi connectivity index (χ2n) is 8.12. The average molecular weight is 486 g/mol. The highest BCUT2D eigenvalue weighted by Crippen LogP contribution is 2.17. The third-order valence-corrected chi connectivity index (χ3v) is 6.76. The quantitative estimate of drug-likeness (QED) is 0.478. The number of rotatable bonds is 10. The molecule has 0 fully saturated rings. The monoisotopic (exact) mass is 485 g/mol. The number of anilines is 2. The molecule has 2 aromatic rings. The van der Waals surface area contributed by atoms with Crippen LogP contribution in [0.15, 0.2) is 64.5 Å². The summed E-state index contributed by atoms with van der Waals surface area (Å²) in [6, 6.07) is 14.7. The molecule has 0 bridgehead atoms. The van der Waals surface area contributed by atoms with Crippen LogP contribution in [0, 0.1) is 0 Å². The molecule has 2 amide bonds. The number of benzene rings is 2. The van der Waals surface area contributed by atoms with E-state index >= 15 is 0 Å². The van der Waals surface area contributed by atoms with Crippen molar-refractivity contribution in [1.29, 1.82) is 0 Å². The first-order valence-electron chi connectivity index (χ1n) is 11.3. The molecule has 0 radical (unpaired) electrons. The molecule has 1 atom stereocenters. The molecular weight excluding hydrogens is 454 g/mol. The van der Waals surface area contributed by atoms with Crippen LogP contribution < -0.4 is 15.4 Å². The zero-order valence-corrected chi connectivity index (χ0v) is 20.3. The Morgan fingerprint density at radius 3 is 2.47 bits per heavy atom. The second-order valence-corrected chi connectivity index (χ2v) is 9.80. The van der Waals surface area contributed by atoms with Gasteiger partial charge in [-0.05, 0) is 56.6 Å². The van der Waals surface area contributed by atoms with Crippen molar-refractivity contribution < 1.29 is 18.0 Å². The largest absolute Gasteiger partial charge is 0.325 e. The van der Waals surface area contributed by atoms with E-state index in [1.54, 1.807) is 36.1 Å². The Hall–Kier alpha value is -3.24. The summed E-state index contributed by atoms with van der Waals surface area (Å²) in [5.41, 5.74) is 1.05. The van der Waals surface area contributed by atoms with Gasteiger partial charge in [-0.25, -0.2) is 8.42 Å². The number of nitrogens with zero attached hydrogens (tertiary/aromatic N) is 2. The molecule has 0 spiro atoms. The third kappa shape index (κ3) is 7.13. The zero-order valence-electron chi connectivity index (χ0n) is 19.5. The number of nitrogens with one attached hydrogen (secondary N) is 3. The summed E-state index contributed by atoms with van der Waals surface area (Å²) < 4.78 is 27.8. The normalized spacial score (nSPS) is 14.4. The lowest BCUT2D eigenvalue weighted by atomic mass is 10.2. The Balaban J connectivity index is 1.63. The molecule has 3 N–H and O–H groups in total. The van der Waals surface area contributed by atoms with Gasteiger partial charge in [-0.15, -0.1) is 0 Å². The van der Waals surface area contributed by atoms with Gasteiger partial charge >= 0.3 is 0 Å². The van der Waals surface area contributed by atoms with Crippen LogP contribution in [0.2, 0.25) is 0 Å². The van der Waals surface area contributed by atoms with E-state index in [1.165, 1.54) is 12.1 Å². The Morgan fingerprint density at radius 2 is 1.79 bits per heavy atom. The average Bonchev–Trinajstić information content (AvgIpc) is 3.31. The lowest BCUT2D eigenvalue weighted by Crippen LogP contribution is -2.46. The zero-order chi connectivity index (χ0) is 24.6. The molecule has 0 aromatic heterocycles. The van der Waals surface area contributed by atoms with Crippen molar-refractivity contribution in [2.75, 3.05) is 30.3 Å². The highest BCUT2D eigenvalue weighted by molar-refractivity contribution is 7.90. The van der Waals surface area contributed by atoms with Gasteiger partial charge in [0.1, 0.15) is 5.84 Å². The maximum atomic E-state index is 12.8. The first kappa shape index (κ1) is 25.4. The first-order chi connectivity index (χ1) is 16.3. The number of sulfonamides is 1. The van der Waals surface area contributed by atoms with Crippen molar-refractivity contribution in [2.24, 2.45) is 4.99 Å². The smallest absolute Gasteiger partial charge is 0.262 e. The van der Waals surface area contributed by atoms with E-state index in [0.717, 1.165) is 12.8 Å². The van der Waals surface area contributed by atoms with Crippen LogP contribution in [0.1, 0.15) is 33.1 Å². The Morgan fingerprint density at radius 1 is 1.06 bits per heavy atom. The number of hydrogen-bond acceptors (Lipinski definition) is 6. The van der Waals surface area contributed by atoms with Crippen LogP contribution in [0.25, 0.3) is 0 Å². The van der Waals surface area contributed by atoms with E-state index in [1.807, 2.05) is 25.1 Å². The van der Waals surface area contributed by atoms with Gasteiger partial charge in [0.2, 0.25) is 11.8 Å². The maximum Gasteiger partial charge on any atom is 0.262 e. The van der Waals surface area contributed by atoms with Gasteiger partial charge in [0.25, 0.3) is 10.0 Å². The molecule has 182 valence electrons. The summed E-state index contributed by atoms with van der Waals surface area (Å²) in [5, 5.41) is 5.61. The molecule has 1 heterocycles. The van der Waals surface area contributed by atoms with Gasteiger partial charge in [-0.1, -0.05) is 31.2 Å². The number of amides is 2. The number of aliphatic imine (C=N–C) groups is 1. The number of carbonyl (C=O) groups excluding carboxylic acids is 2. The van der Waals surface area contributed by atoms with Crippen LogP contribution in [0.5, 0.6) is 0 Å². The molecule has 0 saturated carbocycles. The fourth-order valence-electron chi connectivity index (χ4n) is 3.59. The lowest BCUT2D eigenvalue weighted by Gasteiger charge is -2.27. The summed E-state index contributed by atoms with van der Waals surface area (Å²) in [5.74, 6) is -0.0932. The van der Waals surface area contributed by atoms with Gasteiger partial charge in [-0.3, -0.25) is 24.2 Å². The molecule has 0 aliphatic carbocycles. The second kappa shape index (κ2) is 11.8. The minimum absolute atomic E-state index is 0.0107. The number of hydrogen-bond donors (Lipinski definition) is 3. The van der Waals surface area contributed by atoms with Gasteiger partial charge < -0.3 is 10.6 Å². The van der Waals surface area contributed by atoms with Crippen LogP contribution in [0.4, 0.5) is 11.4 Å². The minimum Gasteiger partial charge on any atom is -0.325 e. The number of amidine groups is 1. The molecule has 0 saturated heterocycles. The van der Waals surface area contributed by atoms with E-state index in [2.05, 4.69) is 20.3 Å². The summed E-state index contributed by atoms with van der Waals surface area (Å²) in [6.45, 7) is 4.89. The van der Waals surface area contributed by atoms with Crippen LogP contribution in [0.3, 0.4) is 0 Å². The van der Waals surface area contributed by atoms with Crippen molar-refractivity contribution >= 4 is 39.0 Å². The van der Waals surface area contributed by atoms with Crippen LogP contribution >= 0.6 is 0 Å². The standard InChI is InChI=1S/C24H31N5O4S/c1-3-15-29(18(2)24(31)27-19-9-5-4-6-10-19)17-23(30)26-20-11-7-12-21(16-20)34(32,33)28-22-13-8-14-25-22/h4-7,9-12,16,18H,3,8,13-15,17H2,1-2H3,(H,25,28)(H,26,30)(H,27,31). The van der Waals surface area contributed by atoms with Gasteiger partial charge in [-0.2, -0.15) is 0 Å². The highest BCUT2D eigenvalue weighted by atomic mass is 32.2. The molecule has 34 heavy (non-hydrogen) atoms. The van der Waals surface area contributed by atoms with Gasteiger partial charge in [0.05, 0.1) is 17.5 Å². The molecule has 1 aliphatic heterocycles. The molecule has 2 aromatic carbocycles. The summed E-state index contributed by atoms with van der Waals surface area (Å²) in [7, 11) is -3.78. The first-order valence-corrected chi connectivity index (χ1v) is 12.8. The van der Waals surface area contributed by atoms with Gasteiger partial charge in [0.15, 0.2) is 0 Å². The molecule has 9 nitrogen and oxygen atoms in total. The summed E-state index contributed by atoms with van der Waals surface area (Å²) >= 11 is 0. The Bertz CT molecular complexity index is 1140. The Labute approximate surface area is 200 Å². The number of para-hydroxylation sites is 1. The fraction of sp³-hybridized carbons (Fsp3) is 0.375. The minimum atomic E-state index is -3.78. The van der Waals surface area contributed by atoms with E-state index in [-0.39, 0.29) is 23.3 Å². The van der Waals surface area contributed by atoms with Crippen molar-refractivity contribution in [3.63, 3.8) is 0 Å². The topological polar surface area (TPSA) is 120 Å². The SMILES string of the molecule is CCCN(CC(=O)Nc1cccc(S(=O)(=O)NC2=NCCC2)c1)C(C)C(=O)Nc1ccccc1. The predicted molar refractivity (Wildman–Crippen MR) is 133 cm³/mol. The van der Waals surface area contributed by atoms with E-state index < -0.39 is 16.1 Å². The molecule has 1 aliphatic rings. The van der Waals surface area contributed by atoms with Crippen LogP contribution in [-0.4, -0.2) is 56.6 Å². The van der Waals surface area contributed by atoms with E-state index in [9.17, 15) is 18.0 Å². The number of carbonyl (C=O) groups is 2. The summed E-state index contributed by atoms with van der Waals surface area (Å²) in [6.07, 6.45) is 2.18. The van der Waals surface area contributed by atoms with Crippen molar-refractivity contribution in [3.05, 3.63) is 54.6 Å². The van der Waals surface area contributed by atoms with Crippen LogP contribution in [-0.2, 0) is 19.6 Å².